The fourth-order valence-electron chi connectivity index (χ4n) is 5.15. The highest BCUT2D eigenvalue weighted by atomic mass is 32.2. The van der Waals surface area contributed by atoms with Crippen LogP contribution in [0.1, 0.15) is 36.1 Å². The van der Waals surface area contributed by atoms with Crippen LogP contribution in [0.4, 0.5) is 10.1 Å². The number of carbonyl (C=O) groups excluding carboxylic acids is 1. The first-order valence-corrected chi connectivity index (χ1v) is 13.8. The highest BCUT2D eigenvalue weighted by molar-refractivity contribution is 7.86. The van der Waals surface area contributed by atoms with Crippen LogP contribution in [0.2, 0.25) is 0 Å². The highest BCUT2D eigenvalue weighted by Gasteiger charge is 2.48. The second kappa shape index (κ2) is 10.6. The smallest absolute Gasteiger partial charge is 0.295 e. The molecule has 1 heterocycles. The number of nitrogens with zero attached hydrogens (tertiary/aromatic N) is 1. The predicted octanol–water partition coefficient (Wildman–Crippen LogP) is 5.66. The molecule has 0 aliphatic carbocycles. The number of aliphatic hydroxyl groups excluding tert-OH is 1. The molecule has 1 fully saturated rings. The third kappa shape index (κ3) is 5.29. The van der Waals surface area contributed by atoms with E-state index in [0.717, 1.165) is 5.56 Å². The fourth-order valence-corrected chi connectivity index (χ4v) is 5.86. The van der Waals surface area contributed by atoms with E-state index in [0.29, 0.717) is 24.1 Å². The Kier molecular flexibility index (Phi) is 7.22. The van der Waals surface area contributed by atoms with Crippen LogP contribution in [0.25, 0.3) is 11.1 Å². The van der Waals surface area contributed by atoms with Crippen LogP contribution in [0.15, 0.2) is 102 Å². The van der Waals surface area contributed by atoms with Crippen LogP contribution < -0.4 is 4.90 Å². The number of anilines is 1. The number of phenolic OH excluding ortho intramolecular Hbond substituents is 1. The van der Waals surface area contributed by atoms with E-state index in [1.165, 1.54) is 59.5 Å². The lowest BCUT2D eigenvalue weighted by molar-refractivity contribution is -0.131. The summed E-state index contributed by atoms with van der Waals surface area (Å²) < 4.78 is 47.0. The van der Waals surface area contributed by atoms with Gasteiger partial charge in [-0.3, -0.25) is 9.35 Å². The van der Waals surface area contributed by atoms with E-state index in [1.807, 2.05) is 30.3 Å². The van der Waals surface area contributed by atoms with Crippen molar-refractivity contribution >= 4 is 21.7 Å². The van der Waals surface area contributed by atoms with E-state index in [2.05, 4.69) is 0 Å². The van der Waals surface area contributed by atoms with Gasteiger partial charge in [0.2, 0.25) is 5.91 Å². The third-order valence-electron chi connectivity index (χ3n) is 7.07. The quantitative estimate of drug-likeness (QED) is 0.194. The summed E-state index contributed by atoms with van der Waals surface area (Å²) >= 11 is 0. The second-order valence-corrected chi connectivity index (χ2v) is 10.9. The van der Waals surface area contributed by atoms with Gasteiger partial charge in [0.1, 0.15) is 16.5 Å². The van der Waals surface area contributed by atoms with Gasteiger partial charge in [-0.25, -0.2) is 4.39 Å². The summed E-state index contributed by atoms with van der Waals surface area (Å²) in [5.41, 5.74) is 2.15. The molecule has 1 saturated heterocycles. The zero-order valence-electron chi connectivity index (χ0n) is 20.7. The molecular weight excluding hydrogens is 521 g/mol. The van der Waals surface area contributed by atoms with Crippen LogP contribution in [0.3, 0.4) is 0 Å². The summed E-state index contributed by atoms with van der Waals surface area (Å²) in [7, 11) is -4.54. The summed E-state index contributed by atoms with van der Waals surface area (Å²) in [5, 5.41) is 21.6. The van der Waals surface area contributed by atoms with Crippen molar-refractivity contribution in [2.45, 2.75) is 29.9 Å². The van der Waals surface area contributed by atoms with Crippen LogP contribution in [0, 0.1) is 11.7 Å². The van der Waals surface area contributed by atoms with Crippen molar-refractivity contribution in [3.05, 3.63) is 114 Å². The summed E-state index contributed by atoms with van der Waals surface area (Å²) in [5.74, 6) is -1.37. The number of hydrogen-bond donors (Lipinski definition) is 3. The first-order valence-electron chi connectivity index (χ1n) is 12.4. The Morgan fingerprint density at radius 2 is 1.54 bits per heavy atom. The Morgan fingerprint density at radius 1 is 0.872 bits per heavy atom. The number of carbonyl (C=O) groups is 1. The molecule has 0 spiro atoms. The molecule has 1 aliphatic heterocycles. The minimum Gasteiger partial charge on any atom is -0.507 e. The summed E-state index contributed by atoms with van der Waals surface area (Å²) in [6, 6.07) is 24.6. The zero-order valence-corrected chi connectivity index (χ0v) is 21.5. The third-order valence-corrected chi connectivity index (χ3v) is 7.98. The lowest BCUT2D eigenvalue weighted by atomic mass is 9.78. The average Bonchev–Trinajstić information content (AvgIpc) is 2.92. The molecule has 3 atom stereocenters. The Bertz CT molecular complexity index is 1610. The lowest BCUT2D eigenvalue weighted by Gasteiger charge is -2.48. The number of benzene rings is 4. The molecule has 0 radical (unpaired) electrons. The van der Waals surface area contributed by atoms with Gasteiger partial charge in [-0.1, -0.05) is 60.7 Å². The molecule has 4 aromatic rings. The molecule has 5 rings (SSSR count). The molecule has 39 heavy (non-hydrogen) atoms. The molecule has 0 bridgehead atoms. The van der Waals surface area contributed by atoms with Crippen LogP contribution in [-0.4, -0.2) is 29.1 Å². The molecule has 1 aliphatic rings. The van der Waals surface area contributed by atoms with E-state index >= 15 is 0 Å². The predicted molar refractivity (Wildman–Crippen MR) is 144 cm³/mol. The first-order chi connectivity index (χ1) is 18.6. The van der Waals surface area contributed by atoms with Crippen LogP contribution in [0.5, 0.6) is 5.75 Å². The molecule has 0 saturated carbocycles. The average molecular weight is 548 g/mol. The van der Waals surface area contributed by atoms with Gasteiger partial charge in [0.05, 0.1) is 18.1 Å². The van der Waals surface area contributed by atoms with Gasteiger partial charge in [0.25, 0.3) is 10.1 Å². The number of β-lactam (4-membered cyclic amide) rings is 1. The van der Waals surface area contributed by atoms with Gasteiger partial charge in [-0.2, -0.15) is 8.42 Å². The molecule has 9 heteroatoms. The molecule has 4 aromatic carbocycles. The SMILES string of the molecule is O=C1C(CCC(O)c2ccccc2)C(c2ccc(-c3ccccc3S(=O)(=O)O)c(O)c2)N1c1ccc(F)cc1. The topological polar surface area (TPSA) is 115 Å². The minimum absolute atomic E-state index is 0.131. The summed E-state index contributed by atoms with van der Waals surface area (Å²) in [6.45, 7) is 0. The molecule has 1 amide bonds. The van der Waals surface area contributed by atoms with Crippen molar-refractivity contribution < 1.29 is 32.4 Å². The van der Waals surface area contributed by atoms with Crippen molar-refractivity contribution in [2.75, 3.05) is 4.90 Å². The Hall–Kier alpha value is -4.05. The van der Waals surface area contributed by atoms with Gasteiger partial charge in [0, 0.05) is 16.8 Å². The Balaban J connectivity index is 1.48. The Labute approximate surface area is 225 Å². The summed E-state index contributed by atoms with van der Waals surface area (Å²) in [4.78, 5) is 14.5. The highest BCUT2D eigenvalue weighted by Crippen LogP contribution is 2.48. The molecule has 200 valence electrons. The van der Waals surface area contributed by atoms with Crippen molar-refractivity contribution in [3.8, 4) is 16.9 Å². The van der Waals surface area contributed by atoms with Gasteiger partial charge >= 0.3 is 0 Å². The van der Waals surface area contributed by atoms with E-state index < -0.39 is 34.0 Å². The van der Waals surface area contributed by atoms with Crippen molar-refractivity contribution in [2.24, 2.45) is 5.92 Å². The monoisotopic (exact) mass is 547 g/mol. The van der Waals surface area contributed by atoms with E-state index in [1.54, 1.807) is 12.1 Å². The standard InChI is InChI=1S/C30H26FNO6S/c31-21-11-13-22(14-12-21)32-29(25(30(32)35)16-17-26(33)19-6-2-1-3-7-19)20-10-15-23(27(34)18-20)24-8-4-5-9-28(24)39(36,37)38/h1-15,18,25-26,29,33-34H,16-17H2,(H,36,37,38). The second-order valence-electron chi connectivity index (χ2n) is 9.49. The largest absolute Gasteiger partial charge is 0.507 e. The van der Waals surface area contributed by atoms with E-state index in [4.69, 9.17) is 0 Å². The molecule has 3 N–H and O–H groups in total. The summed E-state index contributed by atoms with van der Waals surface area (Å²) in [6.07, 6.45) is -0.0575. The molecule has 0 aromatic heterocycles. The van der Waals surface area contributed by atoms with Crippen molar-refractivity contribution in [1.29, 1.82) is 0 Å². The number of halogens is 1. The van der Waals surface area contributed by atoms with Gasteiger partial charge in [-0.15, -0.1) is 0 Å². The van der Waals surface area contributed by atoms with Crippen LogP contribution in [-0.2, 0) is 14.9 Å². The normalized spacial score (nSPS) is 18.0. The number of rotatable bonds is 8. The maximum Gasteiger partial charge on any atom is 0.295 e. The van der Waals surface area contributed by atoms with E-state index in [9.17, 15) is 32.4 Å². The number of aliphatic hydroxyl groups is 1. The maximum absolute atomic E-state index is 13.6. The number of amides is 1. The maximum atomic E-state index is 13.6. The van der Waals surface area contributed by atoms with Crippen molar-refractivity contribution in [1.82, 2.24) is 0 Å². The minimum atomic E-state index is -4.54. The number of hydrogen-bond acceptors (Lipinski definition) is 5. The fraction of sp³-hybridized carbons (Fsp3) is 0.167. The molecular formula is C30H26FNO6S. The van der Waals surface area contributed by atoms with Gasteiger partial charge in [-0.05, 0) is 60.4 Å². The first kappa shape index (κ1) is 26.6. The number of aromatic hydroxyl groups is 1. The van der Waals surface area contributed by atoms with Crippen molar-refractivity contribution in [3.63, 3.8) is 0 Å². The molecule has 3 unspecified atom stereocenters. The van der Waals surface area contributed by atoms with Gasteiger partial charge < -0.3 is 15.1 Å². The van der Waals surface area contributed by atoms with Crippen LogP contribution >= 0.6 is 0 Å². The Morgan fingerprint density at radius 3 is 2.21 bits per heavy atom. The van der Waals surface area contributed by atoms with Gasteiger partial charge in [0.15, 0.2) is 0 Å². The zero-order chi connectivity index (χ0) is 27.7. The van der Waals surface area contributed by atoms with E-state index in [-0.39, 0.29) is 27.7 Å². The number of phenols is 1. The molecule has 7 nitrogen and oxygen atoms in total. The lowest BCUT2D eigenvalue weighted by Crippen LogP contribution is -2.55.